The van der Waals surface area contributed by atoms with E-state index in [1.54, 1.807) is 152 Å². The summed E-state index contributed by atoms with van der Waals surface area (Å²) >= 11 is 0. The highest BCUT2D eigenvalue weighted by Crippen LogP contribution is 2.41. The third-order valence-electron chi connectivity index (χ3n) is 13.1. The van der Waals surface area contributed by atoms with Gasteiger partial charge >= 0.3 is 29.8 Å². The quantitative estimate of drug-likeness (QED) is 0.0183. The maximum atomic E-state index is 15.9. The summed E-state index contributed by atoms with van der Waals surface area (Å²) in [6.45, 7) is -1.44. The maximum Gasteiger partial charge on any atom is 0.345 e. The number of hydrogen-bond acceptors (Lipinski definition) is 13. The van der Waals surface area contributed by atoms with Crippen molar-refractivity contribution in [3.63, 3.8) is 0 Å². The van der Waals surface area contributed by atoms with Gasteiger partial charge in [0, 0.05) is 6.54 Å². The van der Waals surface area contributed by atoms with E-state index in [-0.39, 0.29) is 19.4 Å². The van der Waals surface area contributed by atoms with Crippen LogP contribution in [0.15, 0.2) is 152 Å². The smallest absolute Gasteiger partial charge is 0.345 e. The number of aliphatic carboxylic acids is 2. The molecule has 5 aromatic carbocycles. The molecule has 6 atom stereocenters. The summed E-state index contributed by atoms with van der Waals surface area (Å²) in [5.74, 6) is -15.2. The summed E-state index contributed by atoms with van der Waals surface area (Å²) in [5, 5.41) is 26.7. The molecule has 1 aliphatic rings. The zero-order valence-corrected chi connectivity index (χ0v) is 41.4. The fraction of sp³-hybridized carbons (Fsp3) is 0.333. The Morgan fingerprint density at radius 2 is 1.04 bits per heavy atom. The zero-order chi connectivity index (χ0) is 53.7. The minimum atomic E-state index is -3.00. The predicted octanol–water partition coefficient (Wildman–Crippen LogP) is 4.51. The summed E-state index contributed by atoms with van der Waals surface area (Å²) < 4.78 is 17.5. The highest BCUT2D eigenvalue weighted by Gasteiger charge is 2.68. The van der Waals surface area contributed by atoms with Gasteiger partial charge in [0.05, 0.1) is 17.9 Å². The Morgan fingerprint density at radius 1 is 0.587 bits per heavy atom. The lowest BCUT2D eigenvalue weighted by Gasteiger charge is -2.39. The summed E-state index contributed by atoms with van der Waals surface area (Å²) in [5.41, 5.74) is 11.4. The molecule has 18 heteroatoms. The number of nitrogens with two attached hydrogens (primary N) is 2. The Hall–Kier alpha value is -8.22. The molecular formula is C57H63N5O13. The average Bonchev–Trinajstić information content (AvgIpc) is 3.85. The Bertz CT molecular complexity index is 2640. The van der Waals surface area contributed by atoms with Crippen molar-refractivity contribution < 1.29 is 62.8 Å². The molecule has 0 aliphatic carbocycles. The van der Waals surface area contributed by atoms with Crippen molar-refractivity contribution in [1.29, 1.82) is 0 Å². The van der Waals surface area contributed by atoms with Crippen LogP contribution in [0.1, 0.15) is 59.9 Å². The standard InChI is InChI=1S/C57H63N5O13/c58-30-17-16-28-46(59)49(63)60-47(34-43(52(66)67)32-38-18-6-1-7-19-38)50(64)61-48(44(53(68)69)33-39-20-8-2-9-21-39)51(65)62-31-29-45(54(70)73-35-40-22-10-3-11-23-40)57(62,55(71)74-36-41-24-12-4-13-25-41)56(72)75-37-42-26-14-5-15-27-42/h1-15,18-27,43-48H,16-17,28-37,58-59H2,(H,60,63)(H,61,64)(H,66,67)(H,68,69)/t43?,44?,45?,46-,47-,48-/m0/s1. The first-order valence-corrected chi connectivity index (χ1v) is 24.8. The highest BCUT2D eigenvalue weighted by atomic mass is 16.6. The second-order valence-electron chi connectivity index (χ2n) is 18.3. The van der Waals surface area contributed by atoms with Gasteiger partial charge in [0.25, 0.3) is 5.54 Å². The summed E-state index contributed by atoms with van der Waals surface area (Å²) in [7, 11) is 0. The predicted molar refractivity (Wildman–Crippen MR) is 273 cm³/mol. The number of nitrogens with one attached hydrogen (secondary N) is 2. The Balaban J connectivity index is 1.47. The van der Waals surface area contributed by atoms with Crippen LogP contribution in [0.25, 0.3) is 0 Å². The van der Waals surface area contributed by atoms with E-state index in [1.165, 1.54) is 0 Å². The summed E-state index contributed by atoms with van der Waals surface area (Å²) in [4.78, 5) is 117. The van der Waals surface area contributed by atoms with Gasteiger partial charge in [-0.15, -0.1) is 0 Å². The molecule has 1 heterocycles. The maximum absolute atomic E-state index is 15.9. The van der Waals surface area contributed by atoms with Crippen molar-refractivity contribution >= 4 is 47.6 Å². The van der Waals surface area contributed by atoms with Gasteiger partial charge in [-0.25, -0.2) is 9.59 Å². The molecule has 18 nitrogen and oxygen atoms in total. The molecule has 394 valence electrons. The van der Waals surface area contributed by atoms with E-state index in [0.29, 0.717) is 52.1 Å². The lowest BCUT2D eigenvalue weighted by Crippen LogP contribution is -2.68. The molecule has 3 amide bonds. The second kappa shape index (κ2) is 27.7. The van der Waals surface area contributed by atoms with E-state index < -0.39 is 128 Å². The molecule has 0 spiro atoms. The number of benzene rings is 5. The third kappa shape index (κ3) is 15.2. The van der Waals surface area contributed by atoms with Gasteiger partial charge in [-0.05, 0) is 72.9 Å². The lowest BCUT2D eigenvalue weighted by molar-refractivity contribution is -0.186. The van der Waals surface area contributed by atoms with Crippen LogP contribution >= 0.6 is 0 Å². The van der Waals surface area contributed by atoms with Gasteiger partial charge in [-0.2, -0.15) is 0 Å². The highest BCUT2D eigenvalue weighted by molar-refractivity contribution is 6.13. The molecule has 0 aromatic heterocycles. The molecule has 8 N–H and O–H groups in total. The van der Waals surface area contributed by atoms with Crippen LogP contribution in [-0.2, 0) is 85.2 Å². The number of rotatable bonds is 27. The second-order valence-corrected chi connectivity index (χ2v) is 18.3. The van der Waals surface area contributed by atoms with Gasteiger partial charge in [-0.3, -0.25) is 28.8 Å². The molecule has 0 saturated carbocycles. The first kappa shape index (κ1) is 56.1. The number of carboxylic acids is 2. The summed E-state index contributed by atoms with van der Waals surface area (Å²) in [6.07, 6.45) is -0.344. The van der Waals surface area contributed by atoms with Gasteiger partial charge in [0.1, 0.15) is 37.8 Å². The summed E-state index contributed by atoms with van der Waals surface area (Å²) in [6, 6.07) is 36.8. The van der Waals surface area contributed by atoms with Crippen molar-refractivity contribution in [2.45, 2.75) is 88.4 Å². The molecule has 0 bridgehead atoms. The van der Waals surface area contributed by atoms with Gasteiger partial charge in [0.15, 0.2) is 0 Å². The van der Waals surface area contributed by atoms with Crippen LogP contribution in [0.5, 0.6) is 0 Å². The van der Waals surface area contributed by atoms with E-state index in [2.05, 4.69) is 10.6 Å². The van der Waals surface area contributed by atoms with E-state index in [0.717, 1.165) is 0 Å². The van der Waals surface area contributed by atoms with Gasteiger partial charge in [-0.1, -0.05) is 158 Å². The van der Waals surface area contributed by atoms with Gasteiger partial charge in [0.2, 0.25) is 17.7 Å². The fourth-order valence-electron chi connectivity index (χ4n) is 9.06. The Morgan fingerprint density at radius 3 is 1.49 bits per heavy atom. The third-order valence-corrected chi connectivity index (χ3v) is 13.1. The van der Waals surface area contributed by atoms with Crippen LogP contribution in [0.4, 0.5) is 0 Å². The average molecular weight is 1030 g/mol. The number of esters is 3. The molecule has 6 rings (SSSR count). The van der Waals surface area contributed by atoms with Gasteiger partial charge < -0.3 is 51.4 Å². The van der Waals surface area contributed by atoms with Crippen molar-refractivity contribution in [2.75, 3.05) is 13.1 Å². The SMILES string of the molecule is NCCCC[C@H](N)C(=O)N[C@@H](CC(Cc1ccccc1)C(=O)O)C(=O)N[C@H](C(=O)N1CCC(C(=O)OCc2ccccc2)C1(C(=O)OCc1ccccc1)C(=O)OCc1ccccc1)C(Cc1ccccc1)C(=O)O. The topological polar surface area (TPSA) is 284 Å². The zero-order valence-electron chi connectivity index (χ0n) is 41.4. The van der Waals surface area contributed by atoms with Crippen LogP contribution in [0, 0.1) is 17.8 Å². The normalized spacial score (nSPS) is 15.7. The Kier molecular flexibility index (Phi) is 20.7. The first-order chi connectivity index (χ1) is 36.2. The van der Waals surface area contributed by atoms with E-state index in [4.69, 9.17) is 25.7 Å². The molecule has 1 saturated heterocycles. The number of hydrogen-bond donors (Lipinski definition) is 6. The van der Waals surface area contributed by atoms with Crippen molar-refractivity contribution in [1.82, 2.24) is 15.5 Å². The van der Waals surface area contributed by atoms with Crippen LogP contribution in [0.3, 0.4) is 0 Å². The number of unbranched alkanes of at least 4 members (excludes halogenated alkanes) is 1. The van der Waals surface area contributed by atoms with Crippen LogP contribution in [-0.4, -0.2) is 99.4 Å². The fourth-order valence-corrected chi connectivity index (χ4v) is 9.06. The number of ether oxygens (including phenoxy) is 3. The van der Waals surface area contributed by atoms with Crippen LogP contribution < -0.4 is 22.1 Å². The molecule has 1 fully saturated rings. The molecule has 75 heavy (non-hydrogen) atoms. The molecule has 5 aromatic rings. The van der Waals surface area contributed by atoms with Crippen LogP contribution in [0.2, 0.25) is 0 Å². The van der Waals surface area contributed by atoms with E-state index in [9.17, 15) is 29.4 Å². The minimum Gasteiger partial charge on any atom is -0.481 e. The number of carbonyl (C=O) groups excluding carboxylic acids is 6. The number of nitrogens with zero attached hydrogens (tertiary/aromatic N) is 1. The molecule has 0 radical (unpaired) electrons. The van der Waals surface area contributed by atoms with Crippen molar-refractivity contribution in [3.8, 4) is 0 Å². The van der Waals surface area contributed by atoms with E-state index in [1.807, 2.05) is 0 Å². The first-order valence-electron chi connectivity index (χ1n) is 24.8. The monoisotopic (exact) mass is 1030 g/mol. The van der Waals surface area contributed by atoms with Crippen molar-refractivity contribution in [3.05, 3.63) is 179 Å². The molecular weight excluding hydrogens is 963 g/mol. The molecule has 3 unspecified atom stereocenters. The lowest BCUT2D eigenvalue weighted by atomic mass is 9.83. The van der Waals surface area contributed by atoms with Crippen molar-refractivity contribution in [2.24, 2.45) is 29.2 Å². The number of amides is 3. The number of carboxylic acid groups (broad SMARTS) is 2. The largest absolute Gasteiger partial charge is 0.481 e. The van der Waals surface area contributed by atoms with E-state index >= 15 is 19.2 Å². The number of likely N-dealkylation sites (tertiary alicyclic amines) is 1. The minimum absolute atomic E-state index is 0.0965. The Labute approximate surface area is 434 Å². The molecule has 1 aliphatic heterocycles. The number of carbonyl (C=O) groups is 8.